The fourth-order valence-corrected chi connectivity index (χ4v) is 2.46. The van der Waals surface area contributed by atoms with Crippen LogP contribution in [0.4, 0.5) is 10.1 Å². The molecule has 0 N–H and O–H groups in total. The van der Waals surface area contributed by atoms with Crippen molar-refractivity contribution >= 4 is 29.0 Å². The minimum absolute atomic E-state index is 0.143. The molecule has 1 amide bonds. The lowest BCUT2D eigenvalue weighted by Crippen LogP contribution is -2.38. The first-order valence-electron chi connectivity index (χ1n) is 6.57. The summed E-state index contributed by atoms with van der Waals surface area (Å²) in [6.07, 6.45) is 0. The van der Waals surface area contributed by atoms with Crippen molar-refractivity contribution in [1.82, 2.24) is 4.90 Å². The summed E-state index contributed by atoms with van der Waals surface area (Å²) in [6.45, 7) is 6.75. The predicted molar refractivity (Wildman–Crippen MR) is 75.9 cm³/mol. The molecule has 0 fully saturated rings. The Morgan fingerprint density at radius 3 is 2.50 bits per heavy atom. The maximum Gasteiger partial charge on any atom is 0.299 e. The Bertz CT molecular complexity index is 558. The zero-order chi connectivity index (χ0) is 14.9. The Morgan fingerprint density at radius 2 is 1.90 bits per heavy atom. The number of amides is 1. The quantitative estimate of drug-likeness (QED) is 0.784. The number of halogens is 2. The fraction of sp³-hybridized carbons (Fsp3) is 0.429. The lowest BCUT2D eigenvalue weighted by atomic mass is 10.1. The number of hydrogen-bond donors (Lipinski definition) is 0. The van der Waals surface area contributed by atoms with Crippen LogP contribution in [0.25, 0.3) is 0 Å². The van der Waals surface area contributed by atoms with Gasteiger partial charge in [0.1, 0.15) is 5.82 Å². The third-order valence-corrected chi connectivity index (χ3v) is 3.84. The van der Waals surface area contributed by atoms with E-state index in [-0.39, 0.29) is 10.6 Å². The molecular formula is C14H16ClFN2O2. The zero-order valence-corrected chi connectivity index (χ0v) is 12.2. The van der Waals surface area contributed by atoms with E-state index in [4.69, 9.17) is 11.6 Å². The van der Waals surface area contributed by atoms with Crippen molar-refractivity contribution < 1.29 is 14.0 Å². The molecule has 0 spiro atoms. The minimum atomic E-state index is -0.624. The van der Waals surface area contributed by atoms with Gasteiger partial charge in [0, 0.05) is 13.1 Å². The summed E-state index contributed by atoms with van der Waals surface area (Å²) < 4.78 is 13.5. The highest BCUT2D eigenvalue weighted by Gasteiger charge is 2.36. The summed E-state index contributed by atoms with van der Waals surface area (Å²) in [7, 11) is 0. The van der Waals surface area contributed by atoms with E-state index >= 15 is 0 Å². The minimum Gasteiger partial charge on any atom is -0.303 e. The molecule has 0 aromatic heterocycles. The van der Waals surface area contributed by atoms with E-state index in [9.17, 15) is 14.0 Å². The second-order valence-electron chi connectivity index (χ2n) is 4.60. The summed E-state index contributed by atoms with van der Waals surface area (Å²) in [5, 5.41) is -0.143. The Morgan fingerprint density at radius 1 is 1.25 bits per heavy atom. The lowest BCUT2D eigenvalue weighted by Gasteiger charge is -2.23. The lowest BCUT2D eigenvalue weighted by molar-refractivity contribution is -0.114. The Hall–Kier alpha value is -1.46. The van der Waals surface area contributed by atoms with Gasteiger partial charge in [0.05, 0.1) is 16.3 Å². The largest absolute Gasteiger partial charge is 0.303 e. The number of benzene rings is 1. The van der Waals surface area contributed by atoms with Crippen molar-refractivity contribution in [1.29, 1.82) is 0 Å². The van der Waals surface area contributed by atoms with E-state index in [1.54, 1.807) is 0 Å². The molecule has 0 unspecified atom stereocenters. The average molecular weight is 299 g/mol. The van der Waals surface area contributed by atoms with Gasteiger partial charge in [0.2, 0.25) is 0 Å². The molecule has 0 atom stereocenters. The number of hydrogen-bond acceptors (Lipinski definition) is 3. The molecule has 0 bridgehead atoms. The summed E-state index contributed by atoms with van der Waals surface area (Å²) in [6, 6.07) is 2.38. The van der Waals surface area contributed by atoms with E-state index < -0.39 is 17.5 Å². The number of ketones is 1. The molecule has 1 aliphatic rings. The number of likely N-dealkylation sites (N-methyl/N-ethyl adjacent to an activating group) is 1. The molecule has 0 saturated carbocycles. The van der Waals surface area contributed by atoms with Crippen LogP contribution >= 0.6 is 11.6 Å². The average Bonchev–Trinajstić information content (AvgIpc) is 2.65. The van der Waals surface area contributed by atoms with E-state index in [2.05, 4.69) is 4.90 Å². The van der Waals surface area contributed by atoms with Gasteiger partial charge in [-0.1, -0.05) is 25.4 Å². The van der Waals surface area contributed by atoms with Crippen molar-refractivity contribution in [2.75, 3.05) is 31.1 Å². The first-order chi connectivity index (χ1) is 9.49. The van der Waals surface area contributed by atoms with Crippen LogP contribution in [-0.4, -0.2) is 42.8 Å². The summed E-state index contributed by atoms with van der Waals surface area (Å²) in [5.41, 5.74) is 0.495. The van der Waals surface area contributed by atoms with Gasteiger partial charge in [-0.25, -0.2) is 4.39 Å². The van der Waals surface area contributed by atoms with Gasteiger partial charge in [-0.05, 0) is 25.2 Å². The number of fused-ring (bicyclic) bond motifs is 1. The molecule has 108 valence electrons. The van der Waals surface area contributed by atoms with Crippen LogP contribution < -0.4 is 4.90 Å². The second-order valence-corrected chi connectivity index (χ2v) is 5.00. The van der Waals surface area contributed by atoms with Crippen molar-refractivity contribution in [2.24, 2.45) is 0 Å². The fourth-order valence-electron chi connectivity index (χ4n) is 2.29. The molecule has 1 aliphatic heterocycles. The normalized spacial score (nSPS) is 14.3. The number of rotatable bonds is 5. The number of Topliss-reactive ketones (excluding diaryl/α,β-unsaturated/α-hetero) is 1. The van der Waals surface area contributed by atoms with Crippen molar-refractivity contribution in [3.05, 3.63) is 28.5 Å². The van der Waals surface area contributed by atoms with Crippen LogP contribution in [0.3, 0.4) is 0 Å². The van der Waals surface area contributed by atoms with Crippen molar-refractivity contribution in [2.45, 2.75) is 13.8 Å². The van der Waals surface area contributed by atoms with Crippen LogP contribution in [0.5, 0.6) is 0 Å². The van der Waals surface area contributed by atoms with Crippen LogP contribution in [-0.2, 0) is 4.79 Å². The van der Waals surface area contributed by atoms with Crippen LogP contribution in [0.2, 0.25) is 5.02 Å². The highest BCUT2D eigenvalue weighted by molar-refractivity contribution is 6.52. The summed E-state index contributed by atoms with van der Waals surface area (Å²) >= 11 is 5.66. The maximum absolute atomic E-state index is 13.5. The maximum atomic E-state index is 13.5. The first kappa shape index (κ1) is 14.9. The van der Waals surface area contributed by atoms with Gasteiger partial charge in [0.25, 0.3) is 11.7 Å². The monoisotopic (exact) mass is 298 g/mol. The molecule has 1 aromatic carbocycles. The Kier molecular flexibility index (Phi) is 4.40. The molecule has 20 heavy (non-hydrogen) atoms. The van der Waals surface area contributed by atoms with Crippen molar-refractivity contribution in [3.8, 4) is 0 Å². The molecule has 1 heterocycles. The third kappa shape index (κ3) is 2.55. The molecule has 2 rings (SSSR count). The van der Waals surface area contributed by atoms with Gasteiger partial charge in [-0.15, -0.1) is 0 Å². The number of carbonyl (C=O) groups excluding carboxylic acids is 2. The summed E-state index contributed by atoms with van der Waals surface area (Å²) in [4.78, 5) is 27.3. The second kappa shape index (κ2) is 5.89. The highest BCUT2D eigenvalue weighted by Crippen LogP contribution is 2.32. The smallest absolute Gasteiger partial charge is 0.299 e. The van der Waals surface area contributed by atoms with Gasteiger partial charge in [-0.3, -0.25) is 9.59 Å². The SMILES string of the molecule is CCN(CC)CCN1C(=O)C(=O)c2cc(Cl)c(F)cc21. The van der Waals surface area contributed by atoms with Gasteiger partial charge >= 0.3 is 0 Å². The van der Waals surface area contributed by atoms with Gasteiger partial charge in [0.15, 0.2) is 0 Å². The van der Waals surface area contributed by atoms with E-state index in [1.807, 2.05) is 13.8 Å². The third-order valence-electron chi connectivity index (χ3n) is 3.55. The first-order valence-corrected chi connectivity index (χ1v) is 6.95. The number of carbonyl (C=O) groups is 2. The predicted octanol–water partition coefficient (Wildman–Crippen LogP) is 2.35. The van der Waals surface area contributed by atoms with E-state index in [1.165, 1.54) is 11.0 Å². The molecule has 4 nitrogen and oxygen atoms in total. The van der Waals surface area contributed by atoms with Crippen LogP contribution in [0.15, 0.2) is 12.1 Å². The van der Waals surface area contributed by atoms with Crippen LogP contribution in [0, 0.1) is 5.82 Å². The van der Waals surface area contributed by atoms with Crippen LogP contribution in [0.1, 0.15) is 24.2 Å². The highest BCUT2D eigenvalue weighted by atomic mass is 35.5. The molecule has 0 aliphatic carbocycles. The van der Waals surface area contributed by atoms with Gasteiger partial charge in [-0.2, -0.15) is 0 Å². The molecule has 1 aromatic rings. The van der Waals surface area contributed by atoms with E-state index in [0.717, 1.165) is 19.2 Å². The Labute approximate surface area is 122 Å². The molecule has 6 heteroatoms. The zero-order valence-electron chi connectivity index (χ0n) is 11.4. The standard InChI is InChI=1S/C14H16ClFN2O2/c1-3-17(4-2)5-6-18-12-8-11(16)10(15)7-9(12)13(19)14(18)20/h7-8H,3-6H2,1-2H3. The Balaban J connectivity index is 2.26. The number of nitrogens with zero attached hydrogens (tertiary/aromatic N) is 2. The number of anilines is 1. The van der Waals surface area contributed by atoms with Gasteiger partial charge < -0.3 is 9.80 Å². The molecular weight excluding hydrogens is 283 g/mol. The van der Waals surface area contributed by atoms with E-state index in [0.29, 0.717) is 18.8 Å². The topological polar surface area (TPSA) is 40.6 Å². The summed E-state index contributed by atoms with van der Waals surface area (Å²) in [5.74, 6) is -1.86. The van der Waals surface area contributed by atoms with Crippen molar-refractivity contribution in [3.63, 3.8) is 0 Å². The molecule has 0 saturated heterocycles. The molecule has 0 radical (unpaired) electrons.